The maximum atomic E-state index is 12.9. The zero-order chi connectivity index (χ0) is 16.7. The van der Waals surface area contributed by atoms with Gasteiger partial charge in [-0.25, -0.2) is 13.4 Å². The van der Waals surface area contributed by atoms with Crippen molar-refractivity contribution < 1.29 is 17.9 Å². The summed E-state index contributed by atoms with van der Waals surface area (Å²) in [5.74, 6) is 0.986. The van der Waals surface area contributed by atoms with Crippen LogP contribution in [-0.4, -0.2) is 30.9 Å². The van der Waals surface area contributed by atoms with Crippen LogP contribution in [0.5, 0.6) is 11.5 Å². The second kappa shape index (κ2) is 5.47. The van der Waals surface area contributed by atoms with Crippen LogP contribution in [0.3, 0.4) is 0 Å². The van der Waals surface area contributed by atoms with Gasteiger partial charge in [0.2, 0.25) is 10.0 Å². The third kappa shape index (κ3) is 2.38. The van der Waals surface area contributed by atoms with E-state index in [9.17, 15) is 8.42 Å². The molecule has 1 aromatic heterocycles. The smallest absolute Gasteiger partial charge is 0.243 e. The Bertz CT molecular complexity index is 966. The van der Waals surface area contributed by atoms with E-state index in [1.54, 1.807) is 18.3 Å². The third-order valence-corrected chi connectivity index (χ3v) is 5.83. The first-order valence-corrected chi connectivity index (χ1v) is 8.79. The number of benzene rings is 1. The van der Waals surface area contributed by atoms with Gasteiger partial charge in [0, 0.05) is 25.4 Å². The second-order valence-electron chi connectivity index (χ2n) is 5.53. The number of hydrogen-bond donors (Lipinski definition) is 0. The molecule has 0 saturated heterocycles. The Hall–Kier alpha value is -2.63. The number of fused-ring (bicyclic) bond motifs is 2. The van der Waals surface area contributed by atoms with Gasteiger partial charge in [-0.3, -0.25) is 0 Å². The molecule has 2 aliphatic heterocycles. The molecule has 2 aliphatic rings. The molecule has 8 heteroatoms. The lowest BCUT2D eigenvalue weighted by molar-refractivity contribution is 0.171. The summed E-state index contributed by atoms with van der Waals surface area (Å²) < 4.78 is 38.0. The van der Waals surface area contributed by atoms with E-state index in [1.807, 2.05) is 6.07 Å². The van der Waals surface area contributed by atoms with Crippen LogP contribution in [0.25, 0.3) is 0 Å². The minimum absolute atomic E-state index is 0.160. The number of hydrogen-bond acceptors (Lipinski definition) is 6. The third-order valence-electron chi connectivity index (χ3n) is 4.04. The van der Waals surface area contributed by atoms with E-state index in [2.05, 4.69) is 4.98 Å². The van der Waals surface area contributed by atoms with Crippen molar-refractivity contribution in [2.75, 3.05) is 13.2 Å². The lowest BCUT2D eigenvalue weighted by Crippen LogP contribution is -2.26. The van der Waals surface area contributed by atoms with Crippen LogP contribution in [0.4, 0.5) is 0 Å². The molecule has 0 radical (unpaired) electrons. The number of nitriles is 1. The molecule has 2 aromatic rings. The number of sulfonamides is 1. The molecule has 122 valence electrons. The molecule has 0 bridgehead atoms. The number of pyridine rings is 1. The summed E-state index contributed by atoms with van der Waals surface area (Å²) in [5.41, 5.74) is 1.91. The zero-order valence-electron chi connectivity index (χ0n) is 12.6. The van der Waals surface area contributed by atoms with Gasteiger partial charge in [-0.1, -0.05) is 0 Å². The van der Waals surface area contributed by atoms with E-state index in [4.69, 9.17) is 14.7 Å². The molecule has 0 N–H and O–H groups in total. The molecule has 3 heterocycles. The van der Waals surface area contributed by atoms with Crippen LogP contribution in [-0.2, 0) is 23.1 Å². The summed E-state index contributed by atoms with van der Waals surface area (Å²) in [4.78, 5) is 4.16. The molecule has 0 amide bonds. The highest BCUT2D eigenvalue weighted by molar-refractivity contribution is 7.89. The fourth-order valence-corrected chi connectivity index (χ4v) is 4.23. The molecule has 0 spiro atoms. The molecular formula is C16H13N3O4S. The maximum Gasteiger partial charge on any atom is 0.243 e. The summed E-state index contributed by atoms with van der Waals surface area (Å²) in [6.07, 6.45) is 1.56. The summed E-state index contributed by atoms with van der Waals surface area (Å²) in [7, 11) is -3.67. The van der Waals surface area contributed by atoms with Crippen LogP contribution in [0, 0.1) is 11.3 Å². The summed E-state index contributed by atoms with van der Waals surface area (Å²) in [6.45, 7) is 1.32. The van der Waals surface area contributed by atoms with Crippen molar-refractivity contribution in [3.8, 4) is 17.6 Å². The average Bonchev–Trinajstić information content (AvgIpc) is 3.05. The van der Waals surface area contributed by atoms with Crippen LogP contribution in [0.15, 0.2) is 35.4 Å². The van der Waals surface area contributed by atoms with Gasteiger partial charge in [-0.2, -0.15) is 9.57 Å². The topological polar surface area (TPSA) is 92.5 Å². The van der Waals surface area contributed by atoms with Crippen molar-refractivity contribution in [2.24, 2.45) is 0 Å². The van der Waals surface area contributed by atoms with Gasteiger partial charge in [-0.05, 0) is 29.3 Å². The number of nitrogens with zero attached hydrogens (tertiary/aromatic N) is 3. The molecule has 4 rings (SSSR count). The minimum Gasteiger partial charge on any atom is -0.486 e. The number of ether oxygens (including phenoxy) is 2. The highest BCUT2D eigenvalue weighted by Crippen LogP contribution is 2.35. The Kier molecular flexibility index (Phi) is 3.40. The lowest BCUT2D eigenvalue weighted by Gasteiger charge is -2.20. The van der Waals surface area contributed by atoms with Crippen molar-refractivity contribution in [2.45, 2.75) is 18.0 Å². The first-order valence-electron chi connectivity index (χ1n) is 7.35. The largest absolute Gasteiger partial charge is 0.486 e. The molecule has 0 aliphatic carbocycles. The van der Waals surface area contributed by atoms with E-state index >= 15 is 0 Å². The summed E-state index contributed by atoms with van der Waals surface area (Å²) in [6, 6.07) is 8.22. The standard InChI is InChI=1S/C16H13N3O4S/c17-7-13-5-11-9-19(10-12(11)8-18-13)24(20,21)14-1-2-15-16(6-14)23-4-3-22-15/h1-2,5-6,8H,3-4,9-10H2. The van der Waals surface area contributed by atoms with Gasteiger partial charge in [0.25, 0.3) is 0 Å². The maximum absolute atomic E-state index is 12.9. The quantitative estimate of drug-likeness (QED) is 0.819. The minimum atomic E-state index is -3.67. The first-order chi connectivity index (χ1) is 11.6. The summed E-state index contributed by atoms with van der Waals surface area (Å²) >= 11 is 0. The Labute approximate surface area is 139 Å². The van der Waals surface area contributed by atoms with Gasteiger partial charge in [-0.15, -0.1) is 0 Å². The number of aromatic nitrogens is 1. The Morgan fingerprint density at radius 3 is 2.62 bits per heavy atom. The predicted molar refractivity (Wildman–Crippen MR) is 82.8 cm³/mol. The van der Waals surface area contributed by atoms with Crippen LogP contribution in [0.2, 0.25) is 0 Å². The Balaban J connectivity index is 1.66. The molecule has 1 aromatic carbocycles. The van der Waals surface area contributed by atoms with E-state index < -0.39 is 10.0 Å². The van der Waals surface area contributed by atoms with Crippen LogP contribution < -0.4 is 9.47 Å². The van der Waals surface area contributed by atoms with Gasteiger partial charge < -0.3 is 9.47 Å². The molecule has 0 fully saturated rings. The van der Waals surface area contributed by atoms with Gasteiger partial charge in [0.15, 0.2) is 11.5 Å². The molecular weight excluding hydrogens is 330 g/mol. The van der Waals surface area contributed by atoms with Gasteiger partial charge in [0.1, 0.15) is 25.0 Å². The molecule has 0 saturated carbocycles. The van der Waals surface area contributed by atoms with Gasteiger partial charge >= 0.3 is 0 Å². The predicted octanol–water partition coefficient (Wildman–Crippen LogP) is 1.43. The lowest BCUT2D eigenvalue weighted by atomic mass is 10.1. The van der Waals surface area contributed by atoms with E-state index in [0.717, 1.165) is 11.1 Å². The average molecular weight is 343 g/mol. The van der Waals surface area contributed by atoms with Crippen molar-refractivity contribution in [3.63, 3.8) is 0 Å². The van der Waals surface area contributed by atoms with Crippen molar-refractivity contribution >= 4 is 10.0 Å². The van der Waals surface area contributed by atoms with Gasteiger partial charge in [0.05, 0.1) is 4.90 Å². The number of rotatable bonds is 2. The fourth-order valence-electron chi connectivity index (χ4n) is 2.82. The van der Waals surface area contributed by atoms with E-state index in [0.29, 0.717) is 24.7 Å². The molecule has 7 nitrogen and oxygen atoms in total. The molecule has 0 unspecified atom stereocenters. The van der Waals surface area contributed by atoms with E-state index in [-0.39, 0.29) is 23.7 Å². The molecule has 24 heavy (non-hydrogen) atoms. The first kappa shape index (κ1) is 14.9. The Morgan fingerprint density at radius 2 is 1.83 bits per heavy atom. The van der Waals surface area contributed by atoms with Crippen LogP contribution >= 0.6 is 0 Å². The van der Waals surface area contributed by atoms with Crippen molar-refractivity contribution in [3.05, 3.63) is 47.3 Å². The Morgan fingerprint density at radius 1 is 1.08 bits per heavy atom. The normalized spacial score (nSPS) is 16.5. The SMILES string of the molecule is N#Cc1cc2c(cn1)CN(S(=O)(=O)c1ccc3c(c1)OCCO3)C2. The fraction of sp³-hybridized carbons (Fsp3) is 0.250. The van der Waals surface area contributed by atoms with Crippen LogP contribution in [0.1, 0.15) is 16.8 Å². The molecule has 0 atom stereocenters. The highest BCUT2D eigenvalue weighted by atomic mass is 32.2. The van der Waals surface area contributed by atoms with Crippen molar-refractivity contribution in [1.29, 1.82) is 5.26 Å². The zero-order valence-corrected chi connectivity index (χ0v) is 13.4. The van der Waals surface area contributed by atoms with E-state index in [1.165, 1.54) is 16.4 Å². The van der Waals surface area contributed by atoms with Crippen molar-refractivity contribution in [1.82, 2.24) is 9.29 Å². The summed E-state index contributed by atoms with van der Waals surface area (Å²) in [5, 5.41) is 8.92. The second-order valence-corrected chi connectivity index (χ2v) is 7.47. The monoisotopic (exact) mass is 343 g/mol. The highest BCUT2D eigenvalue weighted by Gasteiger charge is 2.32.